The van der Waals surface area contributed by atoms with Crippen molar-refractivity contribution in [1.29, 1.82) is 0 Å². The zero-order chi connectivity index (χ0) is 29.3. The summed E-state index contributed by atoms with van der Waals surface area (Å²) < 4.78 is 43.1. The van der Waals surface area contributed by atoms with Gasteiger partial charge in [0, 0.05) is 38.6 Å². The van der Waals surface area contributed by atoms with Gasteiger partial charge in [0.15, 0.2) is 0 Å². The maximum absolute atomic E-state index is 14.9. The van der Waals surface area contributed by atoms with Gasteiger partial charge in [0.1, 0.15) is 18.4 Å². The summed E-state index contributed by atoms with van der Waals surface area (Å²) in [6, 6.07) is 20.4. The Morgan fingerprint density at radius 2 is 1.57 bits per heavy atom. The van der Waals surface area contributed by atoms with Crippen LogP contribution in [0.15, 0.2) is 78.9 Å². The first-order valence-electron chi connectivity index (χ1n) is 12.9. The van der Waals surface area contributed by atoms with Crippen LogP contribution in [-0.2, 0) is 32.8 Å². The Morgan fingerprint density at radius 3 is 2.20 bits per heavy atom. The number of hydrogen-bond acceptors (Lipinski definition) is 4. The average molecular weight is 589 g/mol. The summed E-state index contributed by atoms with van der Waals surface area (Å²) in [4.78, 5) is 28.9. The van der Waals surface area contributed by atoms with Gasteiger partial charge in [0.25, 0.3) is 0 Å². The van der Waals surface area contributed by atoms with E-state index in [2.05, 4.69) is 5.32 Å². The summed E-state index contributed by atoms with van der Waals surface area (Å²) in [6.45, 7) is 1.51. The maximum atomic E-state index is 14.9. The Balaban J connectivity index is 2.10. The van der Waals surface area contributed by atoms with E-state index in [4.69, 9.17) is 11.6 Å². The standard InChI is InChI=1S/C29H34ClFN4O4S/c1-4-18-32-29(37)27(19-22-12-6-5-7-13-22)34(20-23-14-8-9-15-24(23)30)28(36)21-35(40(38,39)33(2)3)26-17-11-10-16-25(26)31/h5-17,27H,4,18-21H2,1-3H3,(H,32,37). The lowest BCUT2D eigenvalue weighted by Gasteiger charge is -2.34. The normalized spacial score (nSPS) is 12.2. The molecule has 0 heterocycles. The number of carbonyl (C=O) groups is 2. The molecule has 0 radical (unpaired) electrons. The lowest BCUT2D eigenvalue weighted by atomic mass is 10.0. The summed E-state index contributed by atoms with van der Waals surface area (Å²) in [7, 11) is -1.70. The Morgan fingerprint density at radius 1 is 0.950 bits per heavy atom. The summed E-state index contributed by atoms with van der Waals surface area (Å²) in [5, 5.41) is 3.25. The molecule has 40 heavy (non-hydrogen) atoms. The monoisotopic (exact) mass is 588 g/mol. The Labute approximate surface area is 240 Å². The van der Waals surface area contributed by atoms with Gasteiger partial charge < -0.3 is 10.2 Å². The highest BCUT2D eigenvalue weighted by Gasteiger charge is 2.35. The predicted molar refractivity (Wildman–Crippen MR) is 156 cm³/mol. The van der Waals surface area contributed by atoms with E-state index in [1.54, 1.807) is 24.3 Å². The molecule has 3 aromatic carbocycles. The van der Waals surface area contributed by atoms with Gasteiger partial charge in [-0.15, -0.1) is 0 Å². The van der Waals surface area contributed by atoms with Crippen LogP contribution in [0.1, 0.15) is 24.5 Å². The van der Waals surface area contributed by atoms with Gasteiger partial charge in [0.05, 0.1) is 5.69 Å². The van der Waals surface area contributed by atoms with E-state index in [0.717, 1.165) is 15.9 Å². The van der Waals surface area contributed by atoms with Gasteiger partial charge in [-0.1, -0.05) is 79.2 Å². The third-order valence-corrected chi connectivity index (χ3v) is 8.43. The van der Waals surface area contributed by atoms with Crippen LogP contribution in [0.2, 0.25) is 5.02 Å². The minimum absolute atomic E-state index is 0.0668. The zero-order valence-electron chi connectivity index (χ0n) is 22.8. The molecule has 1 N–H and O–H groups in total. The molecule has 0 aromatic heterocycles. The van der Waals surface area contributed by atoms with Crippen molar-refractivity contribution in [2.24, 2.45) is 0 Å². The van der Waals surface area contributed by atoms with Crippen LogP contribution < -0.4 is 9.62 Å². The Hall–Kier alpha value is -3.47. The smallest absolute Gasteiger partial charge is 0.304 e. The topological polar surface area (TPSA) is 90.0 Å². The second-order valence-corrected chi connectivity index (χ2v) is 11.8. The van der Waals surface area contributed by atoms with Gasteiger partial charge in [-0.3, -0.25) is 9.59 Å². The Kier molecular flexibility index (Phi) is 11.1. The second kappa shape index (κ2) is 14.2. The van der Waals surface area contributed by atoms with Gasteiger partial charge >= 0.3 is 10.2 Å². The van der Waals surface area contributed by atoms with Crippen molar-refractivity contribution in [2.75, 3.05) is 31.5 Å². The molecule has 2 amide bonds. The van der Waals surface area contributed by atoms with Crippen molar-refractivity contribution in [3.63, 3.8) is 0 Å². The highest BCUT2D eigenvalue weighted by atomic mass is 35.5. The summed E-state index contributed by atoms with van der Waals surface area (Å²) >= 11 is 6.44. The SMILES string of the molecule is CCCNC(=O)C(Cc1ccccc1)N(Cc1ccccc1Cl)C(=O)CN(c1ccccc1F)S(=O)(=O)N(C)C. The first kappa shape index (κ1) is 31.1. The molecule has 214 valence electrons. The molecule has 1 atom stereocenters. The molecule has 0 spiro atoms. The Bertz CT molecular complexity index is 1410. The van der Waals surface area contributed by atoms with Gasteiger partial charge in [0.2, 0.25) is 11.8 Å². The third-order valence-electron chi connectivity index (χ3n) is 6.26. The molecule has 11 heteroatoms. The number of rotatable bonds is 13. The van der Waals surface area contributed by atoms with Crippen molar-refractivity contribution >= 4 is 39.3 Å². The summed E-state index contributed by atoms with van der Waals surface area (Å²) in [5.74, 6) is -1.89. The quantitative estimate of drug-likeness (QED) is 0.323. The molecule has 0 bridgehead atoms. The number of nitrogens with one attached hydrogen (secondary N) is 1. The predicted octanol–water partition coefficient (Wildman–Crippen LogP) is 4.26. The van der Waals surface area contributed by atoms with Crippen LogP contribution in [0.5, 0.6) is 0 Å². The molecular weight excluding hydrogens is 555 g/mol. The number of amides is 2. The van der Waals surface area contributed by atoms with Gasteiger partial charge in [-0.25, -0.2) is 8.70 Å². The fraction of sp³-hybridized carbons (Fsp3) is 0.310. The maximum Gasteiger partial charge on any atom is 0.304 e. The van der Waals surface area contributed by atoms with Crippen molar-refractivity contribution in [1.82, 2.24) is 14.5 Å². The highest BCUT2D eigenvalue weighted by Crippen LogP contribution is 2.25. The summed E-state index contributed by atoms with van der Waals surface area (Å²) in [5.41, 5.74) is 1.10. The van der Waals surface area contributed by atoms with E-state index in [1.807, 2.05) is 37.3 Å². The van der Waals surface area contributed by atoms with E-state index in [0.29, 0.717) is 27.9 Å². The molecule has 1 unspecified atom stereocenters. The fourth-order valence-corrected chi connectivity index (χ4v) is 5.35. The molecule has 3 aromatic rings. The van der Waals surface area contributed by atoms with E-state index >= 15 is 0 Å². The number of benzene rings is 3. The molecule has 0 fully saturated rings. The largest absolute Gasteiger partial charge is 0.354 e. The number of carbonyl (C=O) groups excluding carboxylic acids is 2. The third kappa shape index (κ3) is 7.80. The van der Waals surface area contributed by atoms with Crippen LogP contribution in [0, 0.1) is 5.82 Å². The molecule has 3 rings (SSSR count). The van der Waals surface area contributed by atoms with Crippen molar-refractivity contribution in [3.05, 3.63) is 101 Å². The molecule has 0 saturated heterocycles. The summed E-state index contributed by atoms with van der Waals surface area (Å²) in [6.07, 6.45) is 0.858. The molecule has 0 aliphatic carbocycles. The number of halogens is 2. The van der Waals surface area contributed by atoms with Gasteiger partial charge in [-0.05, 0) is 35.7 Å². The first-order chi connectivity index (χ1) is 19.1. The van der Waals surface area contributed by atoms with E-state index in [9.17, 15) is 22.4 Å². The van der Waals surface area contributed by atoms with Crippen LogP contribution >= 0.6 is 11.6 Å². The van der Waals surface area contributed by atoms with Crippen LogP contribution in [0.25, 0.3) is 0 Å². The van der Waals surface area contributed by atoms with Crippen molar-refractivity contribution in [2.45, 2.75) is 32.4 Å². The molecule has 0 aliphatic heterocycles. The lowest BCUT2D eigenvalue weighted by Crippen LogP contribution is -2.54. The fourth-order valence-electron chi connectivity index (χ4n) is 4.09. The number of hydrogen-bond donors (Lipinski definition) is 1. The molecular formula is C29H34ClFN4O4S. The van der Waals surface area contributed by atoms with Crippen LogP contribution in [-0.4, -0.2) is 62.7 Å². The first-order valence-corrected chi connectivity index (χ1v) is 14.6. The lowest BCUT2D eigenvalue weighted by molar-refractivity contribution is -0.140. The highest BCUT2D eigenvalue weighted by molar-refractivity contribution is 7.90. The molecule has 0 aliphatic rings. The van der Waals surface area contributed by atoms with E-state index < -0.39 is 34.5 Å². The van der Waals surface area contributed by atoms with E-state index in [-0.39, 0.29) is 24.6 Å². The molecule has 8 nitrogen and oxygen atoms in total. The minimum Gasteiger partial charge on any atom is -0.354 e. The number of anilines is 1. The van der Waals surface area contributed by atoms with Crippen molar-refractivity contribution in [3.8, 4) is 0 Å². The van der Waals surface area contributed by atoms with E-state index in [1.165, 1.54) is 37.2 Å². The number of nitrogens with zero attached hydrogens (tertiary/aromatic N) is 3. The van der Waals surface area contributed by atoms with Crippen molar-refractivity contribution < 1.29 is 22.4 Å². The van der Waals surface area contributed by atoms with Gasteiger partial charge in [-0.2, -0.15) is 12.7 Å². The number of para-hydroxylation sites is 1. The zero-order valence-corrected chi connectivity index (χ0v) is 24.3. The van der Waals surface area contributed by atoms with Crippen LogP contribution in [0.4, 0.5) is 10.1 Å². The second-order valence-electron chi connectivity index (χ2n) is 9.36. The minimum atomic E-state index is -4.29. The van der Waals surface area contributed by atoms with Crippen LogP contribution in [0.3, 0.4) is 0 Å². The average Bonchev–Trinajstić information content (AvgIpc) is 2.94. The molecule has 0 saturated carbocycles.